The van der Waals surface area contributed by atoms with E-state index in [2.05, 4.69) is 20.9 Å². The van der Waals surface area contributed by atoms with Gasteiger partial charge in [0.15, 0.2) is 17.2 Å². The standard InChI is InChI=1S/C26H19BrClNO5/c1-3-32-22-14-16(12-19(27)23(22)33-25(30)17-8-6-7-15(2)11-17)13-21-26(31)34-24(29-21)18-9-4-5-10-20(18)28/h4-14H,3H2,1-2H3/b21-13-. The van der Waals surface area contributed by atoms with Crippen molar-refractivity contribution in [3.63, 3.8) is 0 Å². The molecule has 0 amide bonds. The predicted molar refractivity (Wildman–Crippen MR) is 134 cm³/mol. The van der Waals surface area contributed by atoms with Crippen molar-refractivity contribution in [1.82, 2.24) is 0 Å². The Hall–Kier alpha value is -3.42. The van der Waals surface area contributed by atoms with Crippen LogP contribution in [0.5, 0.6) is 11.5 Å². The number of esters is 2. The average Bonchev–Trinajstić information content (AvgIpc) is 3.16. The van der Waals surface area contributed by atoms with Crippen LogP contribution < -0.4 is 9.47 Å². The number of nitrogens with zero attached hydrogens (tertiary/aromatic N) is 1. The fourth-order valence-corrected chi connectivity index (χ4v) is 4.03. The van der Waals surface area contributed by atoms with Crippen molar-refractivity contribution in [3.05, 3.63) is 98.1 Å². The van der Waals surface area contributed by atoms with Crippen LogP contribution in [-0.4, -0.2) is 24.4 Å². The Balaban J connectivity index is 1.66. The van der Waals surface area contributed by atoms with Gasteiger partial charge in [-0.2, -0.15) is 0 Å². The van der Waals surface area contributed by atoms with E-state index in [-0.39, 0.29) is 17.3 Å². The van der Waals surface area contributed by atoms with Crippen molar-refractivity contribution in [2.24, 2.45) is 4.99 Å². The molecule has 0 aromatic heterocycles. The molecule has 3 aromatic carbocycles. The predicted octanol–water partition coefficient (Wildman–Crippen LogP) is 6.37. The van der Waals surface area contributed by atoms with E-state index < -0.39 is 11.9 Å². The second kappa shape index (κ2) is 10.2. The monoisotopic (exact) mass is 539 g/mol. The molecule has 6 nitrogen and oxygen atoms in total. The fourth-order valence-electron chi connectivity index (χ4n) is 3.27. The summed E-state index contributed by atoms with van der Waals surface area (Å²) >= 11 is 9.64. The topological polar surface area (TPSA) is 74.2 Å². The van der Waals surface area contributed by atoms with E-state index in [0.29, 0.717) is 38.5 Å². The first kappa shape index (κ1) is 23.7. The minimum Gasteiger partial charge on any atom is -0.490 e. The molecule has 0 spiro atoms. The van der Waals surface area contributed by atoms with Gasteiger partial charge in [0.05, 0.1) is 27.2 Å². The Morgan fingerprint density at radius 2 is 1.94 bits per heavy atom. The summed E-state index contributed by atoms with van der Waals surface area (Å²) in [5.41, 5.74) is 2.60. The summed E-state index contributed by atoms with van der Waals surface area (Å²) in [6, 6.07) is 17.4. The number of aryl methyl sites for hydroxylation is 1. The molecule has 1 aliphatic heterocycles. The molecule has 172 valence electrons. The van der Waals surface area contributed by atoms with Crippen LogP contribution in [0.2, 0.25) is 5.02 Å². The first-order valence-electron chi connectivity index (χ1n) is 10.4. The number of rotatable bonds is 6. The Kier molecular flexibility index (Phi) is 7.14. The highest BCUT2D eigenvalue weighted by Crippen LogP contribution is 2.38. The van der Waals surface area contributed by atoms with E-state index in [4.69, 9.17) is 25.8 Å². The van der Waals surface area contributed by atoms with Crippen molar-refractivity contribution < 1.29 is 23.8 Å². The van der Waals surface area contributed by atoms with Crippen molar-refractivity contribution in [1.29, 1.82) is 0 Å². The minimum absolute atomic E-state index is 0.105. The second-order valence-corrected chi connectivity index (χ2v) is 8.60. The molecule has 0 atom stereocenters. The molecule has 8 heteroatoms. The smallest absolute Gasteiger partial charge is 0.363 e. The number of ether oxygens (including phenoxy) is 3. The van der Waals surface area contributed by atoms with Gasteiger partial charge in [-0.3, -0.25) is 0 Å². The number of carbonyl (C=O) groups is 2. The van der Waals surface area contributed by atoms with Gasteiger partial charge in [0.2, 0.25) is 5.90 Å². The van der Waals surface area contributed by atoms with Crippen molar-refractivity contribution in [2.75, 3.05) is 6.61 Å². The summed E-state index contributed by atoms with van der Waals surface area (Å²) in [7, 11) is 0. The van der Waals surface area contributed by atoms with Crippen molar-refractivity contribution in [2.45, 2.75) is 13.8 Å². The second-order valence-electron chi connectivity index (χ2n) is 7.34. The summed E-state index contributed by atoms with van der Waals surface area (Å²) in [4.78, 5) is 29.4. The van der Waals surface area contributed by atoms with Gasteiger partial charge in [-0.1, -0.05) is 41.4 Å². The third-order valence-corrected chi connectivity index (χ3v) is 5.73. The van der Waals surface area contributed by atoms with Gasteiger partial charge >= 0.3 is 11.9 Å². The lowest BCUT2D eigenvalue weighted by Crippen LogP contribution is -2.10. The zero-order valence-electron chi connectivity index (χ0n) is 18.3. The van der Waals surface area contributed by atoms with Gasteiger partial charge < -0.3 is 14.2 Å². The molecule has 0 fully saturated rings. The summed E-state index contributed by atoms with van der Waals surface area (Å²) < 4.78 is 17.1. The van der Waals surface area contributed by atoms with Gasteiger partial charge in [0, 0.05) is 0 Å². The highest BCUT2D eigenvalue weighted by atomic mass is 79.9. The maximum absolute atomic E-state index is 12.7. The van der Waals surface area contributed by atoms with E-state index in [1.54, 1.807) is 60.7 Å². The molecular weight excluding hydrogens is 522 g/mol. The molecule has 4 rings (SSSR count). The van der Waals surface area contributed by atoms with E-state index in [1.165, 1.54) is 0 Å². The molecule has 3 aromatic rings. The van der Waals surface area contributed by atoms with Crippen molar-refractivity contribution >= 4 is 51.4 Å². The van der Waals surface area contributed by atoms with Crippen LogP contribution >= 0.6 is 27.5 Å². The van der Waals surface area contributed by atoms with Crippen LogP contribution in [0, 0.1) is 6.92 Å². The third kappa shape index (κ3) is 5.21. The van der Waals surface area contributed by atoms with Crippen LogP contribution in [0.3, 0.4) is 0 Å². The number of cyclic esters (lactones) is 1. The first-order valence-corrected chi connectivity index (χ1v) is 11.6. The largest absolute Gasteiger partial charge is 0.490 e. The number of benzene rings is 3. The highest BCUT2D eigenvalue weighted by molar-refractivity contribution is 9.10. The zero-order valence-corrected chi connectivity index (χ0v) is 20.6. The average molecular weight is 541 g/mol. The van der Waals surface area contributed by atoms with Gasteiger partial charge in [-0.25, -0.2) is 14.6 Å². The number of aliphatic imine (C=N–C) groups is 1. The minimum atomic E-state index is -0.598. The van der Waals surface area contributed by atoms with Gasteiger partial charge in [0.1, 0.15) is 0 Å². The lowest BCUT2D eigenvalue weighted by molar-refractivity contribution is -0.129. The molecule has 0 bridgehead atoms. The third-order valence-electron chi connectivity index (χ3n) is 4.81. The van der Waals surface area contributed by atoms with Gasteiger partial charge in [-0.05, 0) is 77.8 Å². The molecule has 0 aliphatic carbocycles. The van der Waals surface area contributed by atoms with Gasteiger partial charge in [-0.15, -0.1) is 0 Å². The SMILES string of the molecule is CCOc1cc(/C=C2\N=C(c3ccccc3Cl)OC2=O)cc(Br)c1OC(=O)c1cccc(C)c1. The maximum Gasteiger partial charge on any atom is 0.363 e. The van der Waals surface area contributed by atoms with Crippen LogP contribution in [0.25, 0.3) is 6.08 Å². The molecule has 1 heterocycles. The Labute approximate surface area is 209 Å². The summed E-state index contributed by atoms with van der Waals surface area (Å²) in [5.74, 6) is -0.394. The highest BCUT2D eigenvalue weighted by Gasteiger charge is 2.26. The van der Waals surface area contributed by atoms with Crippen LogP contribution in [0.1, 0.15) is 34.0 Å². The molecule has 0 N–H and O–H groups in total. The molecule has 1 aliphatic rings. The lowest BCUT2D eigenvalue weighted by Gasteiger charge is -2.14. The molecule has 0 saturated heterocycles. The number of carbonyl (C=O) groups excluding carboxylic acids is 2. The normalized spacial score (nSPS) is 14.1. The van der Waals surface area contributed by atoms with E-state index in [9.17, 15) is 9.59 Å². The Bertz CT molecular complexity index is 1350. The van der Waals surface area contributed by atoms with E-state index in [0.717, 1.165) is 5.56 Å². The molecular formula is C26H19BrClNO5. The van der Waals surface area contributed by atoms with Gasteiger partial charge in [0.25, 0.3) is 0 Å². The van der Waals surface area contributed by atoms with E-state index >= 15 is 0 Å². The quantitative estimate of drug-likeness (QED) is 0.206. The van der Waals surface area contributed by atoms with Crippen LogP contribution in [0.4, 0.5) is 0 Å². The maximum atomic E-state index is 12.7. The summed E-state index contributed by atoms with van der Waals surface area (Å²) in [6.07, 6.45) is 1.56. The molecule has 0 saturated carbocycles. The Morgan fingerprint density at radius 3 is 2.68 bits per heavy atom. The van der Waals surface area contributed by atoms with E-state index in [1.807, 2.05) is 19.9 Å². The number of hydrogen-bond acceptors (Lipinski definition) is 6. The number of hydrogen-bond donors (Lipinski definition) is 0. The number of halogens is 2. The van der Waals surface area contributed by atoms with Crippen LogP contribution in [0.15, 0.2) is 75.8 Å². The summed E-state index contributed by atoms with van der Waals surface area (Å²) in [5, 5.41) is 0.427. The lowest BCUT2D eigenvalue weighted by atomic mass is 10.1. The zero-order chi connectivity index (χ0) is 24.2. The Morgan fingerprint density at radius 1 is 1.15 bits per heavy atom. The molecule has 0 radical (unpaired) electrons. The molecule has 0 unspecified atom stereocenters. The fraction of sp³-hybridized carbons (Fsp3) is 0.115. The molecule has 34 heavy (non-hydrogen) atoms. The van der Waals surface area contributed by atoms with Crippen LogP contribution in [-0.2, 0) is 9.53 Å². The van der Waals surface area contributed by atoms with Crippen molar-refractivity contribution in [3.8, 4) is 11.5 Å². The summed E-state index contributed by atoms with van der Waals surface area (Å²) in [6.45, 7) is 4.06. The first-order chi connectivity index (χ1) is 16.4.